The van der Waals surface area contributed by atoms with Gasteiger partial charge in [-0.3, -0.25) is 4.79 Å². The second kappa shape index (κ2) is 22.1. The van der Waals surface area contributed by atoms with Crippen LogP contribution in [0.4, 0.5) is 0 Å². The smallest absolute Gasteiger partial charge is 0.302 e. The first kappa shape index (κ1) is 27.9. The lowest BCUT2D eigenvalue weighted by Gasteiger charge is -2.09. The van der Waals surface area contributed by atoms with E-state index in [1.165, 1.54) is 13.3 Å². The van der Waals surface area contributed by atoms with Gasteiger partial charge in [-0.15, -0.1) is 0 Å². The number of ketones is 1. The van der Waals surface area contributed by atoms with E-state index < -0.39 is 0 Å². The molecule has 4 nitrogen and oxygen atoms in total. The number of aliphatic hydroxyl groups is 1. The third-order valence-corrected chi connectivity index (χ3v) is 3.19. The van der Waals surface area contributed by atoms with Crippen molar-refractivity contribution < 1.29 is 19.4 Å². The van der Waals surface area contributed by atoms with Gasteiger partial charge in [0.05, 0.1) is 12.2 Å². The molecule has 0 fully saturated rings. The standard InChI is InChI=1S/C8H16O2.C6H14O.C6H12O/c1-4-5-6-7(2)10-8(3)9;2*1-3-4-5-6(2)7/h7H,4-6H2,1-3H3;6-7H,3-5H2,1-2H3;3-5H2,1-2H3/t;6-;/m.1./s1. The van der Waals surface area contributed by atoms with Crippen molar-refractivity contribution in [2.75, 3.05) is 0 Å². The highest BCUT2D eigenvalue weighted by atomic mass is 16.5. The normalized spacial score (nSPS) is 12.0. The first-order chi connectivity index (χ1) is 11.2. The van der Waals surface area contributed by atoms with Crippen LogP contribution in [-0.2, 0) is 14.3 Å². The van der Waals surface area contributed by atoms with Gasteiger partial charge in [-0.25, -0.2) is 0 Å². The van der Waals surface area contributed by atoms with Gasteiger partial charge in [0.1, 0.15) is 5.78 Å². The Balaban J connectivity index is -0.000000283. The third kappa shape index (κ3) is 37.4. The first-order valence-corrected chi connectivity index (χ1v) is 9.55. The number of hydrogen-bond donors (Lipinski definition) is 1. The molecule has 146 valence electrons. The Morgan fingerprint density at radius 2 is 1.33 bits per heavy atom. The summed E-state index contributed by atoms with van der Waals surface area (Å²) in [4.78, 5) is 20.6. The lowest BCUT2D eigenvalue weighted by Crippen LogP contribution is -2.11. The Morgan fingerprint density at radius 3 is 1.58 bits per heavy atom. The molecule has 0 amide bonds. The number of aliphatic hydroxyl groups excluding tert-OH is 1. The predicted octanol–water partition coefficient (Wildman–Crippen LogP) is 5.45. The van der Waals surface area contributed by atoms with E-state index in [0.717, 1.165) is 51.4 Å². The van der Waals surface area contributed by atoms with E-state index in [-0.39, 0.29) is 18.2 Å². The van der Waals surface area contributed by atoms with Crippen LogP contribution in [0.3, 0.4) is 0 Å². The van der Waals surface area contributed by atoms with Crippen molar-refractivity contribution >= 4 is 11.8 Å². The van der Waals surface area contributed by atoms with Crippen molar-refractivity contribution in [1.29, 1.82) is 0 Å². The van der Waals surface area contributed by atoms with Gasteiger partial charge >= 0.3 is 5.97 Å². The van der Waals surface area contributed by atoms with Crippen LogP contribution in [0.15, 0.2) is 0 Å². The number of carbonyl (C=O) groups excluding carboxylic acids is 2. The van der Waals surface area contributed by atoms with E-state index >= 15 is 0 Å². The molecule has 1 unspecified atom stereocenters. The fraction of sp³-hybridized carbons (Fsp3) is 0.900. The van der Waals surface area contributed by atoms with Crippen molar-refractivity contribution in [3.8, 4) is 0 Å². The average molecular weight is 347 g/mol. The third-order valence-electron chi connectivity index (χ3n) is 3.19. The minimum atomic E-state index is -0.177. The quantitative estimate of drug-likeness (QED) is 0.534. The zero-order valence-corrected chi connectivity index (χ0v) is 17.2. The highest BCUT2D eigenvalue weighted by molar-refractivity contribution is 5.75. The number of rotatable bonds is 10. The maximum atomic E-state index is 10.4. The van der Waals surface area contributed by atoms with E-state index in [0.29, 0.717) is 5.78 Å². The van der Waals surface area contributed by atoms with Crippen LogP contribution in [0.1, 0.15) is 106 Å². The van der Waals surface area contributed by atoms with Crippen LogP contribution < -0.4 is 0 Å². The molecule has 0 spiro atoms. The molecule has 0 radical (unpaired) electrons. The van der Waals surface area contributed by atoms with Crippen LogP contribution >= 0.6 is 0 Å². The molecule has 2 atom stereocenters. The lowest BCUT2D eigenvalue weighted by molar-refractivity contribution is -0.145. The van der Waals surface area contributed by atoms with Crippen molar-refractivity contribution in [2.45, 2.75) is 118 Å². The van der Waals surface area contributed by atoms with Crippen LogP contribution in [0.2, 0.25) is 0 Å². The summed E-state index contributed by atoms with van der Waals surface area (Å²) in [6, 6.07) is 0. The summed E-state index contributed by atoms with van der Waals surface area (Å²) in [5.41, 5.74) is 0. The highest BCUT2D eigenvalue weighted by Gasteiger charge is 2.02. The van der Waals surface area contributed by atoms with Crippen LogP contribution in [0, 0.1) is 0 Å². The molecule has 0 aromatic rings. The summed E-state index contributed by atoms with van der Waals surface area (Å²) in [7, 11) is 0. The zero-order valence-electron chi connectivity index (χ0n) is 17.2. The summed E-state index contributed by atoms with van der Waals surface area (Å²) in [5.74, 6) is 0.130. The Morgan fingerprint density at radius 1 is 0.875 bits per heavy atom. The molecule has 0 saturated carbocycles. The van der Waals surface area contributed by atoms with E-state index in [1.807, 2.05) is 13.8 Å². The monoisotopic (exact) mass is 346 g/mol. The van der Waals surface area contributed by atoms with E-state index in [1.54, 1.807) is 6.92 Å². The summed E-state index contributed by atoms with van der Waals surface area (Å²) in [5, 5.41) is 8.68. The minimum absolute atomic E-state index is 0.0949. The van der Waals surface area contributed by atoms with Crippen LogP contribution in [0.25, 0.3) is 0 Å². The largest absolute Gasteiger partial charge is 0.463 e. The van der Waals surface area contributed by atoms with Gasteiger partial charge in [0.2, 0.25) is 0 Å². The SMILES string of the molecule is CCCCC(C)=O.CCCCC(C)OC(C)=O.CCCC[C@@H](C)O. The molecule has 0 heterocycles. The molecule has 0 aromatic carbocycles. The van der Waals surface area contributed by atoms with Gasteiger partial charge in [-0.2, -0.15) is 0 Å². The van der Waals surface area contributed by atoms with Gasteiger partial charge in [-0.05, 0) is 40.0 Å². The Hall–Kier alpha value is -0.900. The maximum absolute atomic E-state index is 10.4. The number of ether oxygens (including phenoxy) is 1. The maximum Gasteiger partial charge on any atom is 0.302 e. The van der Waals surface area contributed by atoms with Crippen LogP contribution in [-0.4, -0.2) is 29.1 Å². The molecule has 4 heteroatoms. The Labute approximate surface area is 150 Å². The van der Waals surface area contributed by atoms with Gasteiger partial charge in [0.15, 0.2) is 0 Å². The van der Waals surface area contributed by atoms with E-state index in [4.69, 9.17) is 9.84 Å². The fourth-order valence-electron chi connectivity index (χ4n) is 1.76. The summed E-state index contributed by atoms with van der Waals surface area (Å²) in [6.45, 7) is 13.2. The molecule has 0 aliphatic heterocycles. The molecule has 0 aliphatic carbocycles. The average Bonchev–Trinajstić information content (AvgIpc) is 2.49. The molecule has 1 N–H and O–H groups in total. The highest BCUT2D eigenvalue weighted by Crippen LogP contribution is 2.03. The topological polar surface area (TPSA) is 63.6 Å². The molecule has 0 rings (SSSR count). The number of esters is 1. The van der Waals surface area contributed by atoms with Crippen molar-refractivity contribution in [1.82, 2.24) is 0 Å². The molecule has 0 aromatic heterocycles. The molecule has 0 saturated heterocycles. The number of unbranched alkanes of at least 4 members (excludes halogenated alkanes) is 3. The van der Waals surface area contributed by atoms with E-state index in [9.17, 15) is 9.59 Å². The van der Waals surface area contributed by atoms with Gasteiger partial charge in [0, 0.05) is 13.3 Å². The second-order valence-electron chi connectivity index (χ2n) is 6.36. The number of hydrogen-bond acceptors (Lipinski definition) is 4. The lowest BCUT2D eigenvalue weighted by atomic mass is 10.2. The molecule has 0 bridgehead atoms. The summed E-state index contributed by atoms with van der Waals surface area (Å²) >= 11 is 0. The zero-order chi connectivity index (χ0) is 19.4. The number of Topliss-reactive ketones (excluding diaryl/α,β-unsaturated/α-hetero) is 1. The molecular formula is C20H42O4. The Kier molecular flexibility index (Phi) is 25.7. The predicted molar refractivity (Wildman–Crippen MR) is 102 cm³/mol. The molecule has 0 aliphatic rings. The fourth-order valence-corrected chi connectivity index (χ4v) is 1.76. The molecular weight excluding hydrogens is 304 g/mol. The van der Waals surface area contributed by atoms with Crippen molar-refractivity contribution in [3.05, 3.63) is 0 Å². The number of carbonyl (C=O) groups is 2. The van der Waals surface area contributed by atoms with Gasteiger partial charge in [0.25, 0.3) is 0 Å². The summed E-state index contributed by atoms with van der Waals surface area (Å²) < 4.78 is 4.91. The van der Waals surface area contributed by atoms with Gasteiger partial charge in [-0.1, -0.05) is 52.9 Å². The second-order valence-corrected chi connectivity index (χ2v) is 6.36. The van der Waals surface area contributed by atoms with Gasteiger partial charge < -0.3 is 14.6 Å². The van der Waals surface area contributed by atoms with Crippen molar-refractivity contribution in [2.24, 2.45) is 0 Å². The van der Waals surface area contributed by atoms with Crippen LogP contribution in [0.5, 0.6) is 0 Å². The first-order valence-electron chi connectivity index (χ1n) is 9.55. The summed E-state index contributed by atoms with van der Waals surface area (Å²) in [6.07, 6.45) is 9.50. The van der Waals surface area contributed by atoms with E-state index in [2.05, 4.69) is 20.8 Å². The molecule has 24 heavy (non-hydrogen) atoms. The minimum Gasteiger partial charge on any atom is -0.463 e. The van der Waals surface area contributed by atoms with Crippen molar-refractivity contribution in [3.63, 3.8) is 0 Å². The Bertz CT molecular complexity index is 275.